The predicted octanol–water partition coefficient (Wildman–Crippen LogP) is 3.47. The molecule has 0 bridgehead atoms. The summed E-state index contributed by atoms with van der Waals surface area (Å²) in [7, 11) is 3.10. The number of likely N-dealkylation sites (tertiary alicyclic amines) is 1. The molecule has 2 aromatic rings. The fourth-order valence-electron chi connectivity index (χ4n) is 3.27. The van der Waals surface area contributed by atoms with Gasteiger partial charge in [0.15, 0.2) is 0 Å². The van der Waals surface area contributed by atoms with Crippen molar-refractivity contribution >= 4 is 34.0 Å². The number of hydrogen-bond acceptors (Lipinski definition) is 5. The summed E-state index contributed by atoms with van der Waals surface area (Å²) in [5.74, 6) is 0.736. The molecule has 2 aromatic carbocycles. The number of nitrogens with one attached hydrogen (secondary N) is 1. The number of piperidine rings is 1. The molecule has 158 valence electrons. The van der Waals surface area contributed by atoms with Gasteiger partial charge in [0.25, 0.3) is 5.91 Å². The minimum absolute atomic E-state index is 0.0979. The first kappa shape index (κ1) is 21.8. The number of methoxy groups -OCH3 is 2. The Labute approximate surface area is 184 Å². The number of carbonyl (C=O) groups excluding carboxylic acids is 2. The summed E-state index contributed by atoms with van der Waals surface area (Å²) >= 11 is 3.38. The monoisotopic (exact) mass is 473 g/mol. The lowest BCUT2D eigenvalue weighted by Crippen LogP contribution is -2.42. The smallest absolute Gasteiger partial charge is 0.254 e. The summed E-state index contributed by atoms with van der Waals surface area (Å²) in [6.07, 6.45) is 2.79. The summed E-state index contributed by atoms with van der Waals surface area (Å²) in [5, 5.41) is 4.04. The van der Waals surface area contributed by atoms with Crippen LogP contribution in [0.25, 0.3) is 0 Å². The largest absolute Gasteiger partial charge is 0.497 e. The molecule has 0 aliphatic carbocycles. The lowest BCUT2D eigenvalue weighted by Gasteiger charge is -2.31. The van der Waals surface area contributed by atoms with Crippen molar-refractivity contribution in [2.75, 3.05) is 27.3 Å². The number of rotatable bonds is 6. The zero-order chi connectivity index (χ0) is 21.5. The molecule has 0 atom stereocenters. The topological polar surface area (TPSA) is 80.2 Å². The molecule has 0 unspecified atom stereocenters. The fraction of sp³-hybridized carbons (Fsp3) is 0.318. The van der Waals surface area contributed by atoms with E-state index in [4.69, 9.17) is 9.47 Å². The van der Waals surface area contributed by atoms with Gasteiger partial charge in [0.2, 0.25) is 5.91 Å². The van der Waals surface area contributed by atoms with Crippen molar-refractivity contribution in [1.82, 2.24) is 10.3 Å². The van der Waals surface area contributed by atoms with Gasteiger partial charge in [-0.1, -0.05) is 28.1 Å². The van der Waals surface area contributed by atoms with E-state index in [0.29, 0.717) is 43.0 Å². The molecule has 1 aliphatic rings. The second-order valence-corrected chi connectivity index (χ2v) is 7.87. The quantitative estimate of drug-likeness (QED) is 0.514. The van der Waals surface area contributed by atoms with Gasteiger partial charge < -0.3 is 14.4 Å². The number of carbonyl (C=O) groups is 2. The molecule has 2 amide bonds. The van der Waals surface area contributed by atoms with Gasteiger partial charge in [-0.05, 0) is 42.7 Å². The second-order valence-electron chi connectivity index (χ2n) is 6.95. The van der Waals surface area contributed by atoms with Crippen molar-refractivity contribution in [1.29, 1.82) is 0 Å². The van der Waals surface area contributed by atoms with Crippen molar-refractivity contribution in [2.24, 2.45) is 11.0 Å². The Hall–Kier alpha value is -2.87. The highest BCUT2D eigenvalue weighted by Crippen LogP contribution is 2.25. The van der Waals surface area contributed by atoms with Gasteiger partial charge in [0.05, 0.1) is 20.4 Å². The van der Waals surface area contributed by atoms with Crippen LogP contribution in [0, 0.1) is 5.92 Å². The SMILES string of the molecule is COc1cc(OC)cc(C(=O)N2CCC(C(=O)N/N=C\c3ccc(Br)cc3)CC2)c1. The highest BCUT2D eigenvalue weighted by atomic mass is 79.9. The lowest BCUT2D eigenvalue weighted by molar-refractivity contribution is -0.126. The van der Waals surface area contributed by atoms with Crippen LogP contribution in [0.4, 0.5) is 0 Å². The molecule has 30 heavy (non-hydrogen) atoms. The standard InChI is InChI=1S/C22H24BrN3O4/c1-29-19-11-17(12-20(13-19)30-2)22(28)26-9-7-16(8-10-26)21(27)25-24-14-15-3-5-18(23)6-4-15/h3-6,11-14,16H,7-10H2,1-2H3,(H,25,27)/b24-14-. The zero-order valence-electron chi connectivity index (χ0n) is 16.9. The first-order valence-electron chi connectivity index (χ1n) is 9.61. The summed E-state index contributed by atoms with van der Waals surface area (Å²) in [4.78, 5) is 27.0. The van der Waals surface area contributed by atoms with E-state index in [-0.39, 0.29) is 17.7 Å². The average molecular weight is 474 g/mol. The maximum Gasteiger partial charge on any atom is 0.254 e. The van der Waals surface area contributed by atoms with Gasteiger partial charge in [-0.25, -0.2) is 5.43 Å². The first-order chi connectivity index (χ1) is 14.5. The van der Waals surface area contributed by atoms with Crippen molar-refractivity contribution in [3.8, 4) is 11.5 Å². The van der Waals surface area contributed by atoms with E-state index >= 15 is 0 Å². The van der Waals surface area contributed by atoms with Crippen LogP contribution in [0.1, 0.15) is 28.8 Å². The minimum Gasteiger partial charge on any atom is -0.497 e. The van der Waals surface area contributed by atoms with Crippen LogP contribution in [-0.2, 0) is 4.79 Å². The number of amides is 2. The van der Waals surface area contributed by atoms with E-state index < -0.39 is 0 Å². The van der Waals surface area contributed by atoms with Crippen molar-refractivity contribution in [2.45, 2.75) is 12.8 Å². The molecule has 1 saturated heterocycles. The molecule has 1 fully saturated rings. The van der Waals surface area contributed by atoms with Crippen LogP contribution >= 0.6 is 15.9 Å². The average Bonchev–Trinajstić information content (AvgIpc) is 2.79. The molecular weight excluding hydrogens is 450 g/mol. The number of benzene rings is 2. The van der Waals surface area contributed by atoms with Crippen LogP contribution in [0.3, 0.4) is 0 Å². The number of halogens is 1. The molecule has 0 saturated carbocycles. The molecule has 7 nitrogen and oxygen atoms in total. The molecule has 8 heteroatoms. The van der Waals surface area contributed by atoms with Gasteiger partial charge in [-0.2, -0.15) is 5.10 Å². The third-order valence-electron chi connectivity index (χ3n) is 5.01. The van der Waals surface area contributed by atoms with Crippen LogP contribution < -0.4 is 14.9 Å². The number of ether oxygens (including phenoxy) is 2. The molecule has 0 radical (unpaired) electrons. The zero-order valence-corrected chi connectivity index (χ0v) is 18.5. The van der Waals surface area contributed by atoms with Gasteiger partial charge in [-0.3, -0.25) is 9.59 Å². The first-order valence-corrected chi connectivity index (χ1v) is 10.4. The second kappa shape index (κ2) is 10.2. The van der Waals surface area contributed by atoms with E-state index in [1.165, 1.54) is 0 Å². The van der Waals surface area contributed by atoms with Crippen LogP contribution in [-0.4, -0.2) is 50.2 Å². The Morgan fingerprint density at radius 2 is 1.67 bits per heavy atom. The highest BCUT2D eigenvalue weighted by Gasteiger charge is 2.28. The third-order valence-corrected chi connectivity index (χ3v) is 5.54. The van der Waals surface area contributed by atoms with E-state index in [1.807, 2.05) is 24.3 Å². The number of nitrogens with zero attached hydrogens (tertiary/aromatic N) is 2. The number of hydrogen-bond donors (Lipinski definition) is 1. The lowest BCUT2D eigenvalue weighted by atomic mass is 9.95. The Morgan fingerprint density at radius 1 is 1.07 bits per heavy atom. The van der Waals surface area contributed by atoms with E-state index in [1.54, 1.807) is 43.5 Å². The molecule has 1 N–H and O–H groups in total. The van der Waals surface area contributed by atoms with Crippen LogP contribution in [0.5, 0.6) is 11.5 Å². The Kier molecular flexibility index (Phi) is 7.46. The molecule has 0 aromatic heterocycles. The molecular formula is C22H24BrN3O4. The van der Waals surface area contributed by atoms with Gasteiger partial charge in [-0.15, -0.1) is 0 Å². The molecule has 1 heterocycles. The Morgan fingerprint density at radius 3 is 2.23 bits per heavy atom. The van der Waals surface area contributed by atoms with Crippen molar-refractivity contribution in [3.63, 3.8) is 0 Å². The fourth-order valence-corrected chi connectivity index (χ4v) is 3.53. The van der Waals surface area contributed by atoms with Crippen LogP contribution in [0.2, 0.25) is 0 Å². The van der Waals surface area contributed by atoms with Gasteiger partial charge in [0, 0.05) is 35.1 Å². The summed E-state index contributed by atoms with van der Waals surface area (Å²) in [5.41, 5.74) is 4.01. The Balaban J connectivity index is 1.53. The van der Waals surface area contributed by atoms with Gasteiger partial charge in [0.1, 0.15) is 11.5 Å². The summed E-state index contributed by atoms with van der Waals surface area (Å²) in [6.45, 7) is 1.01. The minimum atomic E-state index is -0.170. The summed E-state index contributed by atoms with van der Waals surface area (Å²) < 4.78 is 11.5. The third kappa shape index (κ3) is 5.60. The molecule has 3 rings (SSSR count). The maximum atomic E-state index is 12.9. The van der Waals surface area contributed by atoms with Crippen molar-refractivity contribution in [3.05, 3.63) is 58.1 Å². The molecule has 0 spiro atoms. The summed E-state index contributed by atoms with van der Waals surface area (Å²) in [6, 6.07) is 12.7. The molecule has 1 aliphatic heterocycles. The van der Waals surface area contributed by atoms with Gasteiger partial charge >= 0.3 is 0 Å². The van der Waals surface area contributed by atoms with Crippen molar-refractivity contribution < 1.29 is 19.1 Å². The van der Waals surface area contributed by atoms with E-state index in [9.17, 15) is 9.59 Å². The van der Waals surface area contributed by atoms with E-state index in [2.05, 4.69) is 26.5 Å². The predicted molar refractivity (Wildman–Crippen MR) is 118 cm³/mol. The van der Waals surface area contributed by atoms with E-state index in [0.717, 1.165) is 10.0 Å². The number of hydrazone groups is 1. The normalized spacial score (nSPS) is 14.6. The Bertz CT molecular complexity index is 900. The maximum absolute atomic E-state index is 12.9. The highest BCUT2D eigenvalue weighted by molar-refractivity contribution is 9.10. The van der Waals surface area contributed by atoms with Crippen LogP contribution in [0.15, 0.2) is 52.0 Å².